The number of alkyl halides is 2. The first-order valence-corrected chi connectivity index (χ1v) is 10.3. The molecule has 2 atom stereocenters. The van der Waals surface area contributed by atoms with Crippen molar-refractivity contribution in [3.8, 4) is 0 Å². The van der Waals surface area contributed by atoms with Gasteiger partial charge in [0.15, 0.2) is 0 Å². The highest BCUT2D eigenvalue weighted by atomic mass is 35.5. The molecule has 24 heavy (non-hydrogen) atoms. The normalized spacial score (nSPS) is 15.9. The Morgan fingerprint density at radius 3 is 2.04 bits per heavy atom. The predicted octanol–water partition coefficient (Wildman–Crippen LogP) is 6.69. The topological polar surface area (TPSA) is 26.0 Å². The van der Waals surface area contributed by atoms with Crippen LogP contribution in [0.3, 0.4) is 0 Å². The number of halogens is 2. The van der Waals surface area contributed by atoms with E-state index >= 15 is 0 Å². The van der Waals surface area contributed by atoms with Crippen LogP contribution in [0.4, 0.5) is 0 Å². The zero-order chi connectivity index (χ0) is 18.1. The van der Waals surface area contributed by atoms with Crippen LogP contribution in [-0.4, -0.2) is 15.8 Å². The molecule has 0 amide bonds. The Balaban J connectivity index is 2.55. The summed E-state index contributed by atoms with van der Waals surface area (Å²) in [5.41, 5.74) is 7.08. The van der Waals surface area contributed by atoms with E-state index in [4.69, 9.17) is 28.9 Å². The first kappa shape index (κ1) is 21.8. The Morgan fingerprint density at radius 1 is 0.958 bits per heavy atom. The molecule has 138 valence electrons. The third-order valence-electron chi connectivity index (χ3n) is 4.93. The molecule has 0 spiro atoms. The minimum absolute atomic E-state index is 0.130. The molecule has 1 rings (SSSR count). The fourth-order valence-corrected chi connectivity index (χ4v) is 3.92. The Labute approximate surface area is 159 Å². The molecular formula is C21H35Cl2N. The van der Waals surface area contributed by atoms with Gasteiger partial charge in [-0.25, -0.2) is 0 Å². The highest BCUT2D eigenvalue weighted by molar-refractivity contribution is 6.33. The van der Waals surface area contributed by atoms with Crippen LogP contribution in [0.1, 0.15) is 77.7 Å². The van der Waals surface area contributed by atoms with Crippen molar-refractivity contribution in [2.75, 3.05) is 0 Å². The van der Waals surface area contributed by atoms with Crippen molar-refractivity contribution in [1.29, 1.82) is 0 Å². The van der Waals surface area contributed by atoms with Crippen LogP contribution in [0.15, 0.2) is 30.3 Å². The van der Waals surface area contributed by atoms with Gasteiger partial charge in [0.2, 0.25) is 0 Å². The fourth-order valence-electron chi connectivity index (χ4n) is 3.14. The van der Waals surface area contributed by atoms with Crippen molar-refractivity contribution in [3.05, 3.63) is 35.9 Å². The molecule has 3 heteroatoms. The Hall–Kier alpha value is -0.240. The molecular weight excluding hydrogens is 337 g/mol. The second-order valence-electron chi connectivity index (χ2n) is 7.62. The molecule has 0 saturated heterocycles. The van der Waals surface area contributed by atoms with Gasteiger partial charge in [-0.15, -0.1) is 23.2 Å². The van der Waals surface area contributed by atoms with Crippen LogP contribution in [0.25, 0.3) is 0 Å². The second-order valence-corrected chi connectivity index (χ2v) is 8.83. The number of hydrogen-bond acceptors (Lipinski definition) is 1. The first-order valence-electron chi connectivity index (χ1n) is 9.47. The SMILES string of the molecule is CCCCCCCCCC(Cl)C(Cl)(Cc1ccccc1)C(C)(C)N. The number of nitrogens with two attached hydrogens (primary N) is 1. The minimum Gasteiger partial charge on any atom is -0.324 e. The van der Waals surface area contributed by atoms with Crippen molar-refractivity contribution in [2.24, 2.45) is 5.73 Å². The van der Waals surface area contributed by atoms with E-state index in [1.165, 1.54) is 44.1 Å². The fraction of sp³-hybridized carbons (Fsp3) is 0.714. The maximum Gasteiger partial charge on any atom is 0.0822 e. The highest BCUT2D eigenvalue weighted by Gasteiger charge is 2.46. The largest absolute Gasteiger partial charge is 0.324 e. The van der Waals surface area contributed by atoms with E-state index in [9.17, 15) is 0 Å². The Bertz CT molecular complexity index is 441. The lowest BCUT2D eigenvalue weighted by Gasteiger charge is -2.43. The standard InChI is InChI=1S/C21H35Cl2N/c1-4-5-6-7-8-9-13-16-19(22)21(23,20(2,3)24)17-18-14-11-10-12-15-18/h10-12,14-15,19H,4-9,13,16-17,24H2,1-3H3. The van der Waals surface area contributed by atoms with E-state index in [0.717, 1.165) is 12.8 Å². The van der Waals surface area contributed by atoms with Crippen LogP contribution in [0.2, 0.25) is 0 Å². The van der Waals surface area contributed by atoms with E-state index < -0.39 is 10.4 Å². The zero-order valence-corrected chi connectivity index (χ0v) is 17.2. The van der Waals surface area contributed by atoms with Gasteiger partial charge in [0.05, 0.1) is 10.3 Å². The van der Waals surface area contributed by atoms with Crippen molar-refractivity contribution < 1.29 is 0 Å². The van der Waals surface area contributed by atoms with Gasteiger partial charge in [-0.05, 0) is 32.3 Å². The predicted molar refractivity (Wildman–Crippen MR) is 109 cm³/mol. The molecule has 0 heterocycles. The molecule has 0 fully saturated rings. The zero-order valence-electron chi connectivity index (χ0n) is 15.7. The molecule has 1 aromatic rings. The summed E-state index contributed by atoms with van der Waals surface area (Å²) in [7, 11) is 0. The highest BCUT2D eigenvalue weighted by Crippen LogP contribution is 2.39. The average Bonchev–Trinajstić information content (AvgIpc) is 2.53. The summed E-state index contributed by atoms with van der Waals surface area (Å²) in [6.07, 6.45) is 10.6. The lowest BCUT2D eigenvalue weighted by molar-refractivity contribution is 0.326. The van der Waals surface area contributed by atoms with E-state index in [1.54, 1.807) is 0 Å². The van der Waals surface area contributed by atoms with Gasteiger partial charge >= 0.3 is 0 Å². The number of rotatable bonds is 12. The van der Waals surface area contributed by atoms with Gasteiger partial charge < -0.3 is 5.73 Å². The summed E-state index contributed by atoms with van der Waals surface area (Å²) in [5.74, 6) is 0. The third-order valence-corrected chi connectivity index (χ3v) is 6.52. The van der Waals surface area contributed by atoms with Crippen molar-refractivity contribution in [2.45, 2.75) is 94.3 Å². The summed E-state index contributed by atoms with van der Waals surface area (Å²) in [4.78, 5) is -0.641. The molecule has 1 nitrogen and oxygen atoms in total. The number of unbranched alkanes of at least 4 members (excludes halogenated alkanes) is 6. The summed E-state index contributed by atoms with van der Waals surface area (Å²) in [6, 6.07) is 10.3. The molecule has 2 N–H and O–H groups in total. The Morgan fingerprint density at radius 2 is 1.50 bits per heavy atom. The van der Waals surface area contributed by atoms with Crippen molar-refractivity contribution in [3.63, 3.8) is 0 Å². The number of benzene rings is 1. The summed E-state index contributed by atoms with van der Waals surface area (Å²) in [6.45, 7) is 6.23. The summed E-state index contributed by atoms with van der Waals surface area (Å²) < 4.78 is 0. The molecule has 1 aromatic carbocycles. The molecule has 0 radical (unpaired) electrons. The van der Waals surface area contributed by atoms with Gasteiger partial charge in [-0.1, -0.05) is 82.2 Å². The van der Waals surface area contributed by atoms with Crippen LogP contribution < -0.4 is 5.73 Å². The lowest BCUT2D eigenvalue weighted by atomic mass is 9.78. The number of hydrogen-bond donors (Lipinski definition) is 1. The molecule has 0 aliphatic rings. The molecule has 0 bridgehead atoms. The third kappa shape index (κ3) is 6.94. The molecule has 0 aromatic heterocycles. The smallest absolute Gasteiger partial charge is 0.0822 e. The van der Waals surface area contributed by atoms with Gasteiger partial charge in [-0.3, -0.25) is 0 Å². The second kappa shape index (κ2) is 10.7. The van der Waals surface area contributed by atoms with E-state index in [0.29, 0.717) is 6.42 Å². The minimum atomic E-state index is -0.641. The molecule has 0 saturated carbocycles. The quantitative estimate of drug-likeness (QED) is 0.321. The first-order chi connectivity index (χ1) is 11.3. The summed E-state index contributed by atoms with van der Waals surface area (Å²) >= 11 is 13.8. The van der Waals surface area contributed by atoms with Crippen molar-refractivity contribution >= 4 is 23.2 Å². The van der Waals surface area contributed by atoms with E-state index in [1.807, 2.05) is 32.0 Å². The van der Waals surface area contributed by atoms with Gasteiger partial charge in [0, 0.05) is 5.54 Å². The monoisotopic (exact) mass is 371 g/mol. The van der Waals surface area contributed by atoms with Gasteiger partial charge in [-0.2, -0.15) is 0 Å². The maximum atomic E-state index is 7.02. The van der Waals surface area contributed by atoms with Crippen molar-refractivity contribution in [1.82, 2.24) is 0 Å². The van der Waals surface area contributed by atoms with Crippen LogP contribution >= 0.6 is 23.2 Å². The molecule has 0 aliphatic heterocycles. The van der Waals surface area contributed by atoms with E-state index in [2.05, 4.69) is 19.1 Å². The summed E-state index contributed by atoms with van der Waals surface area (Å²) in [5, 5.41) is -0.130. The maximum absolute atomic E-state index is 7.02. The average molecular weight is 372 g/mol. The lowest BCUT2D eigenvalue weighted by Crippen LogP contribution is -2.59. The molecule has 0 aliphatic carbocycles. The van der Waals surface area contributed by atoms with Crippen LogP contribution in [-0.2, 0) is 6.42 Å². The van der Waals surface area contributed by atoms with Gasteiger partial charge in [0.25, 0.3) is 0 Å². The van der Waals surface area contributed by atoms with Gasteiger partial charge in [0.1, 0.15) is 0 Å². The molecule has 2 unspecified atom stereocenters. The Kier molecular flexibility index (Phi) is 9.71. The van der Waals surface area contributed by atoms with Crippen LogP contribution in [0.5, 0.6) is 0 Å². The van der Waals surface area contributed by atoms with E-state index in [-0.39, 0.29) is 5.38 Å². The van der Waals surface area contributed by atoms with Crippen LogP contribution in [0, 0.1) is 0 Å².